The first-order valence-corrected chi connectivity index (χ1v) is 11.0. The summed E-state index contributed by atoms with van der Waals surface area (Å²) in [6, 6.07) is 15.4. The number of rotatable bonds is 8. The van der Waals surface area contributed by atoms with Crippen molar-refractivity contribution in [2.45, 2.75) is 38.8 Å². The second-order valence-corrected chi connectivity index (χ2v) is 9.09. The average molecular weight is 399 g/mol. The zero-order valence-corrected chi connectivity index (χ0v) is 18.1. The van der Waals surface area contributed by atoms with Crippen molar-refractivity contribution in [3.8, 4) is 11.5 Å². The molecule has 0 amide bonds. The molecule has 1 aliphatic rings. The van der Waals surface area contributed by atoms with Crippen molar-refractivity contribution < 1.29 is 18.5 Å². The van der Waals surface area contributed by atoms with E-state index in [0.717, 1.165) is 62.0 Å². The van der Waals surface area contributed by atoms with Gasteiger partial charge in [0.25, 0.3) is 5.97 Å². The normalized spacial score (nSPS) is 16.7. The van der Waals surface area contributed by atoms with Gasteiger partial charge >= 0.3 is 0 Å². The minimum absolute atomic E-state index is 0.210. The molecule has 5 heteroatoms. The number of ether oxygens (including phenoxy) is 1. The predicted octanol–water partition coefficient (Wildman–Crippen LogP) is 5.59. The van der Waals surface area contributed by atoms with E-state index in [9.17, 15) is 4.79 Å². The van der Waals surface area contributed by atoms with E-state index in [-0.39, 0.29) is 11.6 Å². The van der Waals surface area contributed by atoms with Gasteiger partial charge in [-0.25, -0.2) is 0 Å². The van der Waals surface area contributed by atoms with Crippen LogP contribution in [0, 0.1) is 0 Å². The molecular formula is C23H30NO3P. The number of para-hydroxylation sites is 2. The Morgan fingerprint density at radius 3 is 2.21 bits per heavy atom. The number of hydrogen-bond acceptors (Lipinski definition) is 3. The van der Waals surface area contributed by atoms with E-state index in [1.807, 2.05) is 48.5 Å². The van der Waals surface area contributed by atoms with Gasteiger partial charge in [0.15, 0.2) is 0 Å². The molecule has 0 aromatic heterocycles. The fraction of sp³-hybridized carbons (Fsp3) is 0.435. The Balaban J connectivity index is 1.73. The third-order valence-corrected chi connectivity index (χ3v) is 6.28. The van der Waals surface area contributed by atoms with Crippen LogP contribution in [-0.2, 0) is 9.32 Å². The molecule has 2 unspecified atom stereocenters. The highest BCUT2D eigenvalue weighted by molar-refractivity contribution is 7.33. The number of carbonyl (C=O) groups is 1. The first kappa shape index (κ1) is 20.8. The molecule has 0 saturated heterocycles. The lowest BCUT2D eigenvalue weighted by atomic mass is 9.88. The van der Waals surface area contributed by atoms with Gasteiger partial charge in [-0.3, -0.25) is 4.79 Å². The molecule has 0 radical (unpaired) electrons. The summed E-state index contributed by atoms with van der Waals surface area (Å²) in [6.45, 7) is 9.83. The molecule has 2 atom stereocenters. The Morgan fingerprint density at radius 1 is 1.11 bits per heavy atom. The van der Waals surface area contributed by atoms with Gasteiger partial charge in [0, 0.05) is 11.1 Å². The average Bonchev–Trinajstić information content (AvgIpc) is 2.70. The highest BCUT2D eigenvalue weighted by Gasteiger charge is 2.32. The van der Waals surface area contributed by atoms with Crippen LogP contribution in [0.3, 0.4) is 0 Å². The lowest BCUT2D eigenvalue weighted by Crippen LogP contribution is -2.47. The highest BCUT2D eigenvalue weighted by atomic mass is 31.1. The Kier molecular flexibility index (Phi) is 6.74. The van der Waals surface area contributed by atoms with Crippen LogP contribution >= 0.6 is 8.81 Å². The highest BCUT2D eigenvalue weighted by Crippen LogP contribution is 2.45. The summed E-state index contributed by atoms with van der Waals surface area (Å²) in [7, 11) is 3.00. The largest absolute Gasteiger partial charge is 0.644 e. The fourth-order valence-corrected chi connectivity index (χ4v) is 4.80. The molecular weight excluding hydrogens is 369 g/mol. The molecule has 2 aromatic rings. The van der Waals surface area contributed by atoms with Crippen LogP contribution in [-0.4, -0.2) is 42.8 Å². The number of carbonyl (C=O) groups excluding carboxylic acids is 1. The maximum Gasteiger partial charge on any atom is 0.286 e. The van der Waals surface area contributed by atoms with Crippen molar-refractivity contribution in [2.75, 3.05) is 26.7 Å². The second kappa shape index (κ2) is 9.07. The smallest absolute Gasteiger partial charge is 0.286 e. The van der Waals surface area contributed by atoms with E-state index in [2.05, 4.69) is 27.8 Å². The van der Waals surface area contributed by atoms with Gasteiger partial charge in [-0.05, 0) is 25.5 Å². The molecule has 1 heterocycles. The molecule has 0 spiro atoms. The fourth-order valence-electron chi connectivity index (χ4n) is 3.95. The summed E-state index contributed by atoms with van der Waals surface area (Å²) < 4.78 is 12.8. The van der Waals surface area contributed by atoms with Gasteiger partial charge in [-0.2, -0.15) is 0 Å². The summed E-state index contributed by atoms with van der Waals surface area (Å²) in [5, 5.41) is 0. The standard InChI is InChI=1S/C23H30NO3P/c1-5-15-24(4,6-2)16-17(3)28-27-23(25)22-18-11-7-9-13-20(18)26-21-14-10-8-12-19(21)22/h7-14,17,22H,5-6,15-16H2,1-4H3. The number of hydrogen-bond donors (Lipinski definition) is 0. The molecule has 0 fully saturated rings. The van der Waals surface area contributed by atoms with E-state index < -0.39 is 5.92 Å². The summed E-state index contributed by atoms with van der Waals surface area (Å²) >= 11 is 0. The van der Waals surface area contributed by atoms with Crippen molar-refractivity contribution in [3.63, 3.8) is 0 Å². The van der Waals surface area contributed by atoms with Crippen LogP contribution < -0.4 is 4.74 Å². The van der Waals surface area contributed by atoms with Gasteiger partial charge in [-0.15, -0.1) is 0 Å². The monoisotopic (exact) mass is 399 g/mol. The number of benzene rings is 2. The minimum Gasteiger partial charge on any atom is -0.644 e. The van der Waals surface area contributed by atoms with Crippen molar-refractivity contribution in [1.82, 2.24) is 0 Å². The molecule has 0 bridgehead atoms. The lowest BCUT2D eigenvalue weighted by Gasteiger charge is -2.40. The quantitative estimate of drug-likeness (QED) is 0.429. The van der Waals surface area contributed by atoms with Crippen molar-refractivity contribution in [3.05, 3.63) is 59.7 Å². The summed E-state index contributed by atoms with van der Waals surface area (Å²) in [5.41, 5.74) is 2.02. The topological polar surface area (TPSA) is 35.5 Å². The van der Waals surface area contributed by atoms with Crippen LogP contribution in [0.2, 0.25) is 0 Å². The van der Waals surface area contributed by atoms with Crippen LogP contribution in [0.15, 0.2) is 48.5 Å². The maximum atomic E-state index is 13.1. The van der Waals surface area contributed by atoms with Crippen LogP contribution in [0.1, 0.15) is 44.2 Å². The van der Waals surface area contributed by atoms with Crippen molar-refractivity contribution >= 4 is 14.8 Å². The van der Waals surface area contributed by atoms with Crippen molar-refractivity contribution in [1.29, 1.82) is 0 Å². The third-order valence-electron chi connectivity index (χ3n) is 5.47. The first-order valence-electron chi connectivity index (χ1n) is 10.1. The Hall–Kier alpha value is -1.90. The molecule has 1 aliphatic heterocycles. The SMILES string of the molecule is CCC[N+](C)(CC)CC(C)[P-]OC(=O)C1c2ccccc2Oc2ccccc21. The van der Waals surface area contributed by atoms with Crippen LogP contribution in [0.25, 0.3) is 0 Å². The number of nitrogens with zero attached hydrogens (tertiary/aromatic N) is 1. The van der Waals surface area contributed by atoms with E-state index in [4.69, 9.17) is 9.26 Å². The molecule has 3 rings (SSSR count). The Morgan fingerprint density at radius 2 is 1.68 bits per heavy atom. The van der Waals surface area contributed by atoms with Crippen molar-refractivity contribution in [2.24, 2.45) is 0 Å². The Bertz CT molecular complexity index is 779. The first-order chi connectivity index (χ1) is 13.5. The van der Waals surface area contributed by atoms with Gasteiger partial charge in [-0.1, -0.05) is 55.9 Å². The molecule has 0 aliphatic carbocycles. The molecule has 150 valence electrons. The molecule has 2 aromatic carbocycles. The van der Waals surface area contributed by atoms with E-state index in [1.165, 1.54) is 0 Å². The van der Waals surface area contributed by atoms with Gasteiger partial charge in [0.1, 0.15) is 17.4 Å². The van der Waals surface area contributed by atoms with E-state index >= 15 is 0 Å². The summed E-state index contributed by atoms with van der Waals surface area (Å²) in [5.74, 6) is 0.804. The van der Waals surface area contributed by atoms with Gasteiger partial charge < -0.3 is 22.6 Å². The zero-order valence-electron chi connectivity index (χ0n) is 17.2. The van der Waals surface area contributed by atoms with Gasteiger partial charge in [0.2, 0.25) is 0 Å². The molecule has 4 nitrogen and oxygen atoms in total. The molecule has 0 N–H and O–H groups in total. The maximum absolute atomic E-state index is 13.1. The number of fused-ring (bicyclic) bond motifs is 2. The third kappa shape index (κ3) is 4.56. The number of quaternary nitrogens is 1. The second-order valence-electron chi connectivity index (χ2n) is 7.82. The molecule has 0 saturated carbocycles. The predicted molar refractivity (Wildman–Crippen MR) is 114 cm³/mol. The van der Waals surface area contributed by atoms with Gasteiger partial charge in [0.05, 0.1) is 26.7 Å². The summed E-state index contributed by atoms with van der Waals surface area (Å²) in [4.78, 5) is 13.1. The van der Waals surface area contributed by atoms with E-state index in [1.54, 1.807) is 0 Å². The van der Waals surface area contributed by atoms with Crippen LogP contribution in [0.5, 0.6) is 11.5 Å². The minimum atomic E-state index is -0.441. The lowest BCUT2D eigenvalue weighted by molar-refractivity contribution is -0.907. The summed E-state index contributed by atoms with van der Waals surface area (Å²) in [6.07, 6.45) is 1.16. The van der Waals surface area contributed by atoms with Crippen LogP contribution in [0.4, 0.5) is 0 Å². The zero-order chi connectivity index (χ0) is 20.1. The Labute approximate surface area is 170 Å². The molecule has 28 heavy (non-hydrogen) atoms. The van der Waals surface area contributed by atoms with E-state index in [0.29, 0.717) is 0 Å².